The average molecular weight is 342 g/mol. The van der Waals surface area contributed by atoms with Gasteiger partial charge in [0.05, 0.1) is 11.3 Å². The summed E-state index contributed by atoms with van der Waals surface area (Å²) in [6.07, 6.45) is -1.42. The lowest BCUT2D eigenvalue weighted by Crippen LogP contribution is -2.20. The molecule has 1 heterocycles. The molecule has 23 heavy (non-hydrogen) atoms. The minimum atomic E-state index is -4.44. The molecule has 0 aliphatic heterocycles. The van der Waals surface area contributed by atoms with Gasteiger partial charge >= 0.3 is 6.18 Å². The summed E-state index contributed by atoms with van der Waals surface area (Å²) in [4.78, 5) is 19.2. The molecule has 0 radical (unpaired) electrons. The number of aromatic amines is 1. The van der Waals surface area contributed by atoms with Crippen molar-refractivity contribution in [1.82, 2.24) is 9.97 Å². The first kappa shape index (κ1) is 17.6. The van der Waals surface area contributed by atoms with E-state index in [1.165, 1.54) is 23.9 Å². The van der Waals surface area contributed by atoms with Crippen molar-refractivity contribution in [3.05, 3.63) is 57.0 Å². The fourth-order valence-electron chi connectivity index (χ4n) is 2.39. The summed E-state index contributed by atoms with van der Waals surface area (Å²) >= 11 is 1.30. The largest absolute Gasteiger partial charge is 0.416 e. The molecule has 0 amide bonds. The number of hydrogen-bond acceptors (Lipinski definition) is 3. The zero-order chi connectivity index (χ0) is 17.0. The third kappa shape index (κ3) is 4.16. The molecule has 7 heteroatoms. The summed E-state index contributed by atoms with van der Waals surface area (Å²) in [5.74, 6) is 0. The van der Waals surface area contributed by atoms with Crippen LogP contribution in [0.4, 0.5) is 13.2 Å². The Morgan fingerprint density at radius 3 is 2.57 bits per heavy atom. The van der Waals surface area contributed by atoms with E-state index in [-0.39, 0.29) is 17.5 Å². The van der Waals surface area contributed by atoms with Gasteiger partial charge in [-0.2, -0.15) is 13.2 Å². The summed E-state index contributed by atoms with van der Waals surface area (Å²) in [7, 11) is 0. The molecule has 0 atom stereocenters. The van der Waals surface area contributed by atoms with E-state index in [2.05, 4.69) is 9.97 Å². The smallest absolute Gasteiger partial charge is 0.301 e. The topological polar surface area (TPSA) is 45.8 Å². The summed E-state index contributed by atoms with van der Waals surface area (Å²) in [5.41, 5.74) is -0.124. The van der Waals surface area contributed by atoms with Gasteiger partial charge in [-0.3, -0.25) is 4.79 Å². The van der Waals surface area contributed by atoms with Gasteiger partial charge in [-0.15, -0.1) is 0 Å². The van der Waals surface area contributed by atoms with Gasteiger partial charge in [0.25, 0.3) is 5.56 Å². The highest BCUT2D eigenvalue weighted by atomic mass is 32.2. The average Bonchev–Trinajstić information content (AvgIpc) is 2.50. The normalized spacial score (nSPS) is 11.7. The third-order valence-corrected chi connectivity index (χ3v) is 4.03. The Labute approximate surface area is 136 Å². The van der Waals surface area contributed by atoms with E-state index in [0.29, 0.717) is 22.8 Å². The summed E-state index contributed by atoms with van der Waals surface area (Å²) in [5, 5.41) is 0.478. The molecule has 1 aromatic heterocycles. The van der Waals surface area contributed by atoms with Crippen molar-refractivity contribution in [3.63, 3.8) is 0 Å². The zero-order valence-corrected chi connectivity index (χ0v) is 13.6. The van der Waals surface area contributed by atoms with Crippen LogP contribution in [-0.4, -0.2) is 16.2 Å². The van der Waals surface area contributed by atoms with E-state index in [4.69, 9.17) is 0 Å². The van der Waals surface area contributed by atoms with Crippen LogP contribution >= 0.6 is 11.8 Å². The SMILES string of the molecule is CCCc1nc(SC)[nH]c(=O)c1Cc1ccccc1C(F)(F)F. The molecule has 0 bridgehead atoms. The molecular formula is C16H17F3N2OS. The molecule has 0 spiro atoms. The van der Waals surface area contributed by atoms with Crippen LogP contribution in [0.2, 0.25) is 0 Å². The Morgan fingerprint density at radius 2 is 1.96 bits per heavy atom. The standard InChI is InChI=1S/C16H17F3N2OS/c1-3-6-13-11(14(22)21-15(20-13)23-2)9-10-7-4-5-8-12(10)16(17,18)19/h4-5,7-8H,3,6,9H2,1-2H3,(H,20,21,22). The maximum atomic E-state index is 13.1. The molecule has 0 aliphatic rings. The second-order valence-corrected chi connectivity index (χ2v) is 5.88. The molecule has 0 fully saturated rings. The van der Waals surface area contributed by atoms with Gasteiger partial charge in [0.15, 0.2) is 5.16 Å². The molecule has 2 rings (SSSR count). The van der Waals surface area contributed by atoms with Crippen molar-refractivity contribution < 1.29 is 13.2 Å². The number of H-pyrrole nitrogens is 1. The molecule has 0 saturated heterocycles. The lowest BCUT2D eigenvalue weighted by atomic mass is 9.98. The van der Waals surface area contributed by atoms with Gasteiger partial charge < -0.3 is 4.98 Å². The number of rotatable bonds is 5. The number of aromatic nitrogens is 2. The number of nitrogens with one attached hydrogen (secondary N) is 1. The minimum Gasteiger partial charge on any atom is -0.301 e. The van der Waals surface area contributed by atoms with Crippen LogP contribution < -0.4 is 5.56 Å². The van der Waals surface area contributed by atoms with Gasteiger partial charge in [-0.05, 0) is 24.3 Å². The van der Waals surface area contributed by atoms with E-state index >= 15 is 0 Å². The van der Waals surface area contributed by atoms with Crippen LogP contribution in [-0.2, 0) is 19.0 Å². The molecule has 1 N–H and O–H groups in total. The van der Waals surface area contributed by atoms with Crippen LogP contribution in [0.25, 0.3) is 0 Å². The van der Waals surface area contributed by atoms with E-state index in [0.717, 1.165) is 12.5 Å². The van der Waals surface area contributed by atoms with Gasteiger partial charge in [-0.25, -0.2) is 4.98 Å². The van der Waals surface area contributed by atoms with Crippen molar-refractivity contribution in [2.24, 2.45) is 0 Å². The summed E-state index contributed by atoms with van der Waals surface area (Å²) in [6.45, 7) is 1.94. The van der Waals surface area contributed by atoms with Gasteiger partial charge in [-0.1, -0.05) is 43.3 Å². The summed E-state index contributed by atoms with van der Waals surface area (Å²) in [6, 6.07) is 5.33. The second kappa shape index (κ2) is 7.21. The maximum Gasteiger partial charge on any atom is 0.416 e. The van der Waals surface area contributed by atoms with Crippen molar-refractivity contribution in [1.29, 1.82) is 0 Å². The summed E-state index contributed by atoms with van der Waals surface area (Å²) < 4.78 is 39.3. The molecule has 124 valence electrons. The van der Waals surface area contributed by atoms with Crippen LogP contribution in [0.1, 0.15) is 35.7 Å². The van der Waals surface area contributed by atoms with Crippen LogP contribution in [0.3, 0.4) is 0 Å². The van der Waals surface area contributed by atoms with E-state index in [9.17, 15) is 18.0 Å². The number of thioether (sulfide) groups is 1. The maximum absolute atomic E-state index is 13.1. The van der Waals surface area contributed by atoms with Gasteiger partial charge in [0.2, 0.25) is 0 Å². The van der Waals surface area contributed by atoms with Crippen molar-refractivity contribution in [2.45, 2.75) is 37.5 Å². The van der Waals surface area contributed by atoms with Crippen molar-refractivity contribution in [3.8, 4) is 0 Å². The highest BCUT2D eigenvalue weighted by Gasteiger charge is 2.33. The molecule has 1 aromatic carbocycles. The van der Waals surface area contributed by atoms with Crippen LogP contribution in [0.15, 0.2) is 34.2 Å². The Bertz CT molecular complexity index is 741. The molecule has 3 nitrogen and oxygen atoms in total. The van der Waals surface area contributed by atoms with Crippen LogP contribution in [0.5, 0.6) is 0 Å². The lowest BCUT2D eigenvalue weighted by Gasteiger charge is -2.14. The van der Waals surface area contributed by atoms with Crippen molar-refractivity contribution >= 4 is 11.8 Å². The number of halogens is 3. The molecule has 0 aliphatic carbocycles. The highest BCUT2D eigenvalue weighted by molar-refractivity contribution is 7.98. The van der Waals surface area contributed by atoms with Gasteiger partial charge in [0, 0.05) is 12.0 Å². The Balaban J connectivity index is 2.51. The first-order valence-electron chi connectivity index (χ1n) is 7.18. The van der Waals surface area contributed by atoms with Crippen LogP contribution in [0, 0.1) is 0 Å². The number of nitrogens with zero attached hydrogens (tertiary/aromatic N) is 1. The fourth-order valence-corrected chi connectivity index (χ4v) is 2.78. The predicted molar refractivity (Wildman–Crippen MR) is 84.9 cm³/mol. The second-order valence-electron chi connectivity index (χ2n) is 5.08. The monoisotopic (exact) mass is 342 g/mol. The molecule has 2 aromatic rings. The number of alkyl halides is 3. The van der Waals surface area contributed by atoms with Gasteiger partial charge in [0.1, 0.15) is 0 Å². The zero-order valence-electron chi connectivity index (χ0n) is 12.8. The first-order chi connectivity index (χ1) is 10.9. The predicted octanol–water partition coefficient (Wildman–Crippen LogP) is 4.05. The van der Waals surface area contributed by atoms with E-state index in [1.807, 2.05) is 6.92 Å². The van der Waals surface area contributed by atoms with E-state index in [1.54, 1.807) is 12.3 Å². The third-order valence-electron chi connectivity index (χ3n) is 3.45. The lowest BCUT2D eigenvalue weighted by molar-refractivity contribution is -0.138. The Hall–Kier alpha value is -1.76. The number of benzene rings is 1. The molecular weight excluding hydrogens is 325 g/mol. The van der Waals surface area contributed by atoms with Crippen molar-refractivity contribution in [2.75, 3.05) is 6.26 Å². The quantitative estimate of drug-likeness (QED) is 0.658. The van der Waals surface area contributed by atoms with E-state index < -0.39 is 11.7 Å². The first-order valence-corrected chi connectivity index (χ1v) is 8.40. The minimum absolute atomic E-state index is 0.0813. The molecule has 0 unspecified atom stereocenters. The fraction of sp³-hybridized carbons (Fsp3) is 0.375. The number of aryl methyl sites for hydroxylation is 1. The highest BCUT2D eigenvalue weighted by Crippen LogP contribution is 2.32. The Morgan fingerprint density at radius 1 is 1.26 bits per heavy atom. The Kier molecular flexibility index (Phi) is 5.51. The number of hydrogen-bond donors (Lipinski definition) is 1. The molecule has 0 saturated carbocycles.